The smallest absolute Gasteiger partial charge is 0.338 e. The molecule has 0 aromatic heterocycles. The fourth-order valence-corrected chi connectivity index (χ4v) is 2.46. The van der Waals surface area contributed by atoms with Gasteiger partial charge < -0.3 is 10.1 Å². The Morgan fingerprint density at radius 2 is 1.70 bits per heavy atom. The van der Waals surface area contributed by atoms with Crippen LogP contribution in [0, 0.1) is 0 Å². The van der Waals surface area contributed by atoms with E-state index in [1.807, 2.05) is 30.5 Å². The van der Waals surface area contributed by atoms with E-state index in [9.17, 15) is 9.59 Å². The summed E-state index contributed by atoms with van der Waals surface area (Å²) in [6.07, 6.45) is 1.08. The van der Waals surface area contributed by atoms with Gasteiger partial charge in [0.25, 0.3) is 5.91 Å². The lowest BCUT2D eigenvalue weighted by atomic mass is 10.2. The molecule has 0 saturated carbocycles. The van der Waals surface area contributed by atoms with E-state index >= 15 is 0 Å². The fourth-order valence-electron chi connectivity index (χ4n) is 1.79. The number of ether oxygens (including phenoxy) is 1. The fraction of sp³-hybridized carbons (Fsp3) is 0.176. The zero-order chi connectivity index (χ0) is 16.8. The molecule has 0 aliphatic rings. The Hall–Kier alpha value is -1.79. The molecule has 0 radical (unpaired) electrons. The Bertz CT molecular complexity index is 686. The first-order valence-corrected chi connectivity index (χ1v) is 8.93. The number of carbonyl (C=O) groups excluding carboxylic acids is 2. The minimum atomic E-state index is -0.883. The van der Waals surface area contributed by atoms with Crippen molar-refractivity contribution in [3.05, 3.63) is 58.6 Å². The largest absolute Gasteiger partial charge is 0.449 e. The van der Waals surface area contributed by atoms with Crippen LogP contribution in [0.25, 0.3) is 0 Å². The Balaban J connectivity index is 1.94. The molecule has 2 aromatic rings. The van der Waals surface area contributed by atoms with Crippen molar-refractivity contribution < 1.29 is 14.3 Å². The molecule has 0 spiro atoms. The number of anilines is 1. The second kappa shape index (κ2) is 8.17. The van der Waals surface area contributed by atoms with Crippen LogP contribution in [0.1, 0.15) is 17.3 Å². The van der Waals surface area contributed by atoms with E-state index in [1.54, 1.807) is 43.0 Å². The third-order valence-electron chi connectivity index (χ3n) is 3.09. The number of halogens is 1. The van der Waals surface area contributed by atoms with Gasteiger partial charge in [-0.05, 0) is 61.7 Å². The van der Waals surface area contributed by atoms with E-state index in [-0.39, 0.29) is 5.91 Å². The molecular weight excluding hydrogens is 378 g/mol. The summed E-state index contributed by atoms with van der Waals surface area (Å²) in [4.78, 5) is 25.2. The third-order valence-corrected chi connectivity index (χ3v) is 4.36. The van der Waals surface area contributed by atoms with Crippen molar-refractivity contribution in [3.8, 4) is 0 Å². The lowest BCUT2D eigenvalue weighted by Crippen LogP contribution is -2.29. The number of hydrogen-bond acceptors (Lipinski definition) is 4. The summed E-state index contributed by atoms with van der Waals surface area (Å²) in [5.41, 5.74) is 1.07. The SMILES string of the molecule is CSc1ccc(C(=O)O[C@H](C)C(=O)Nc2ccc(Br)cc2)cc1. The molecule has 0 saturated heterocycles. The maximum atomic E-state index is 12.1. The Kier molecular flexibility index (Phi) is 6.24. The molecule has 4 nitrogen and oxygen atoms in total. The average Bonchev–Trinajstić information content (AvgIpc) is 2.56. The van der Waals surface area contributed by atoms with Crippen molar-refractivity contribution in [2.45, 2.75) is 17.9 Å². The quantitative estimate of drug-likeness (QED) is 0.605. The molecule has 2 rings (SSSR count). The predicted octanol–water partition coefficient (Wildman–Crippen LogP) is 4.36. The molecular formula is C17H16BrNO3S. The van der Waals surface area contributed by atoms with Gasteiger partial charge >= 0.3 is 5.97 Å². The van der Waals surface area contributed by atoms with Crippen LogP contribution in [-0.2, 0) is 9.53 Å². The Labute approximate surface area is 147 Å². The van der Waals surface area contributed by atoms with Gasteiger partial charge in [-0.2, -0.15) is 0 Å². The zero-order valence-electron chi connectivity index (χ0n) is 12.7. The van der Waals surface area contributed by atoms with Crippen LogP contribution in [-0.4, -0.2) is 24.2 Å². The summed E-state index contributed by atoms with van der Waals surface area (Å²) in [7, 11) is 0. The highest BCUT2D eigenvalue weighted by Crippen LogP contribution is 2.17. The van der Waals surface area contributed by atoms with Crippen LogP contribution in [0.4, 0.5) is 5.69 Å². The van der Waals surface area contributed by atoms with Crippen LogP contribution in [0.2, 0.25) is 0 Å². The first-order valence-electron chi connectivity index (χ1n) is 6.91. The van der Waals surface area contributed by atoms with E-state index in [4.69, 9.17) is 4.74 Å². The summed E-state index contributed by atoms with van der Waals surface area (Å²) in [6.45, 7) is 1.54. The van der Waals surface area contributed by atoms with Crippen LogP contribution in [0.15, 0.2) is 57.9 Å². The first-order chi connectivity index (χ1) is 11.0. The molecule has 23 heavy (non-hydrogen) atoms. The third kappa shape index (κ3) is 5.11. The topological polar surface area (TPSA) is 55.4 Å². The number of rotatable bonds is 5. The van der Waals surface area contributed by atoms with Crippen molar-refractivity contribution in [1.82, 2.24) is 0 Å². The van der Waals surface area contributed by atoms with Gasteiger partial charge in [0.1, 0.15) is 0 Å². The second-order valence-corrected chi connectivity index (χ2v) is 6.57. The van der Waals surface area contributed by atoms with Crippen LogP contribution >= 0.6 is 27.7 Å². The number of benzene rings is 2. The summed E-state index contributed by atoms with van der Waals surface area (Å²) in [5, 5.41) is 2.70. The molecule has 0 bridgehead atoms. The van der Waals surface area contributed by atoms with Gasteiger partial charge in [0.15, 0.2) is 6.10 Å². The standard InChI is InChI=1S/C17H16BrNO3S/c1-11(16(20)19-14-7-5-13(18)6-8-14)22-17(21)12-3-9-15(23-2)10-4-12/h3-11H,1-2H3,(H,19,20)/t11-/m1/s1. The van der Waals surface area contributed by atoms with E-state index in [1.165, 1.54) is 0 Å². The number of nitrogens with one attached hydrogen (secondary N) is 1. The molecule has 0 aliphatic carbocycles. The number of carbonyl (C=O) groups is 2. The minimum Gasteiger partial charge on any atom is -0.449 e. The lowest BCUT2D eigenvalue weighted by Gasteiger charge is -2.13. The normalized spacial score (nSPS) is 11.6. The molecule has 6 heteroatoms. The van der Waals surface area contributed by atoms with Crippen molar-refractivity contribution in [3.63, 3.8) is 0 Å². The number of hydrogen-bond donors (Lipinski definition) is 1. The molecule has 0 unspecified atom stereocenters. The molecule has 0 heterocycles. The summed E-state index contributed by atoms with van der Waals surface area (Å²) >= 11 is 4.92. The van der Waals surface area contributed by atoms with Crippen LogP contribution < -0.4 is 5.32 Å². The molecule has 1 amide bonds. The van der Waals surface area contributed by atoms with Gasteiger partial charge in [-0.1, -0.05) is 15.9 Å². The highest BCUT2D eigenvalue weighted by atomic mass is 79.9. The van der Waals surface area contributed by atoms with E-state index in [0.717, 1.165) is 9.37 Å². The molecule has 0 fully saturated rings. The van der Waals surface area contributed by atoms with Gasteiger partial charge in [0, 0.05) is 15.1 Å². The summed E-state index contributed by atoms with van der Waals surface area (Å²) in [6, 6.07) is 14.2. The molecule has 0 aliphatic heterocycles. The van der Waals surface area contributed by atoms with Gasteiger partial charge in [-0.3, -0.25) is 4.79 Å². The zero-order valence-corrected chi connectivity index (χ0v) is 15.1. The van der Waals surface area contributed by atoms with Crippen LogP contribution in [0.3, 0.4) is 0 Å². The van der Waals surface area contributed by atoms with Crippen LogP contribution in [0.5, 0.6) is 0 Å². The van der Waals surface area contributed by atoms with E-state index in [0.29, 0.717) is 11.3 Å². The van der Waals surface area contributed by atoms with Crippen molar-refractivity contribution in [2.24, 2.45) is 0 Å². The Morgan fingerprint density at radius 3 is 2.26 bits per heavy atom. The van der Waals surface area contributed by atoms with Gasteiger partial charge in [-0.25, -0.2) is 4.79 Å². The van der Waals surface area contributed by atoms with Crippen molar-refractivity contribution in [2.75, 3.05) is 11.6 Å². The molecule has 1 atom stereocenters. The van der Waals surface area contributed by atoms with E-state index < -0.39 is 12.1 Å². The highest BCUT2D eigenvalue weighted by Gasteiger charge is 2.19. The lowest BCUT2D eigenvalue weighted by molar-refractivity contribution is -0.123. The molecule has 2 aromatic carbocycles. The highest BCUT2D eigenvalue weighted by molar-refractivity contribution is 9.10. The second-order valence-electron chi connectivity index (χ2n) is 4.77. The van der Waals surface area contributed by atoms with Crippen molar-refractivity contribution >= 4 is 45.3 Å². The Morgan fingerprint density at radius 1 is 1.09 bits per heavy atom. The van der Waals surface area contributed by atoms with E-state index in [2.05, 4.69) is 21.2 Å². The maximum Gasteiger partial charge on any atom is 0.338 e. The van der Waals surface area contributed by atoms with Gasteiger partial charge in [-0.15, -0.1) is 11.8 Å². The predicted molar refractivity (Wildman–Crippen MR) is 95.9 cm³/mol. The van der Waals surface area contributed by atoms with Gasteiger partial charge in [0.05, 0.1) is 5.56 Å². The minimum absolute atomic E-state index is 0.374. The number of thioether (sulfide) groups is 1. The summed E-state index contributed by atoms with van der Waals surface area (Å²) in [5.74, 6) is -0.891. The van der Waals surface area contributed by atoms with Gasteiger partial charge in [0.2, 0.25) is 0 Å². The first kappa shape index (κ1) is 17.6. The monoisotopic (exact) mass is 393 g/mol. The van der Waals surface area contributed by atoms with Crippen molar-refractivity contribution in [1.29, 1.82) is 0 Å². The number of esters is 1. The molecule has 120 valence electrons. The molecule has 1 N–H and O–H groups in total. The average molecular weight is 394 g/mol. The number of amides is 1. The maximum absolute atomic E-state index is 12.1. The summed E-state index contributed by atoms with van der Waals surface area (Å²) < 4.78 is 6.12.